The van der Waals surface area contributed by atoms with E-state index >= 15 is 0 Å². The Bertz CT molecular complexity index is 443. The zero-order valence-corrected chi connectivity index (χ0v) is 9.87. The van der Waals surface area contributed by atoms with Crippen LogP contribution < -0.4 is 0 Å². The van der Waals surface area contributed by atoms with Crippen molar-refractivity contribution in [3.63, 3.8) is 0 Å². The quantitative estimate of drug-likeness (QED) is 0.752. The average molecular weight is 239 g/mol. The van der Waals surface area contributed by atoms with Crippen LogP contribution in [-0.2, 0) is 0 Å². The highest BCUT2D eigenvalue weighted by molar-refractivity contribution is 6.29. The van der Waals surface area contributed by atoms with E-state index < -0.39 is 0 Å². The van der Waals surface area contributed by atoms with Crippen LogP contribution in [0.3, 0.4) is 0 Å². The fourth-order valence-corrected chi connectivity index (χ4v) is 1.25. The predicted molar refractivity (Wildman–Crippen MR) is 63.8 cm³/mol. The number of hydrogen-bond acceptors (Lipinski definition) is 2. The number of benzene rings is 1. The van der Waals surface area contributed by atoms with Gasteiger partial charge in [0.1, 0.15) is 11.0 Å². The molecule has 0 saturated carbocycles. The minimum absolute atomic E-state index is 0.274. The maximum absolute atomic E-state index is 12.6. The van der Waals surface area contributed by atoms with Crippen LogP contribution in [-0.4, -0.2) is 9.97 Å². The molecule has 0 amide bonds. The van der Waals surface area contributed by atoms with Crippen molar-refractivity contribution < 1.29 is 4.39 Å². The van der Waals surface area contributed by atoms with Gasteiger partial charge in [0.15, 0.2) is 0 Å². The molecular formula is C12H12ClFN2. The molecule has 2 aromatic rings. The van der Waals surface area contributed by atoms with Crippen LogP contribution in [0.5, 0.6) is 0 Å². The summed E-state index contributed by atoms with van der Waals surface area (Å²) >= 11 is 5.68. The topological polar surface area (TPSA) is 25.8 Å². The summed E-state index contributed by atoms with van der Waals surface area (Å²) in [5.74, 6) is -0.274. The van der Waals surface area contributed by atoms with Crippen LogP contribution >= 0.6 is 11.6 Å². The lowest BCUT2D eigenvalue weighted by Gasteiger charge is -1.99. The van der Waals surface area contributed by atoms with Crippen molar-refractivity contribution in [2.24, 2.45) is 0 Å². The molecule has 0 aliphatic rings. The highest BCUT2D eigenvalue weighted by Crippen LogP contribution is 2.17. The Labute approximate surface area is 99.1 Å². The first kappa shape index (κ1) is 12.6. The molecule has 0 radical (unpaired) electrons. The summed E-state index contributed by atoms with van der Waals surface area (Å²) in [5, 5.41) is 0.326. The van der Waals surface area contributed by atoms with Crippen molar-refractivity contribution in [2.75, 3.05) is 0 Å². The van der Waals surface area contributed by atoms with Gasteiger partial charge in [0.25, 0.3) is 0 Å². The van der Waals surface area contributed by atoms with Gasteiger partial charge in [0.05, 0.1) is 18.1 Å². The van der Waals surface area contributed by atoms with Gasteiger partial charge in [-0.15, -0.1) is 0 Å². The summed E-state index contributed by atoms with van der Waals surface area (Å²) in [5.41, 5.74) is 1.43. The van der Waals surface area contributed by atoms with Crippen LogP contribution in [0.15, 0.2) is 36.7 Å². The zero-order valence-electron chi connectivity index (χ0n) is 9.11. The van der Waals surface area contributed by atoms with Crippen molar-refractivity contribution in [2.45, 2.75) is 13.8 Å². The Morgan fingerprint density at radius 1 is 1.06 bits per heavy atom. The molecular weight excluding hydrogens is 227 g/mol. The highest BCUT2D eigenvalue weighted by Gasteiger charge is 2.00. The number of nitrogens with zero attached hydrogens (tertiary/aromatic N) is 2. The molecule has 0 unspecified atom stereocenters. The molecule has 0 aliphatic heterocycles. The van der Waals surface area contributed by atoms with Crippen LogP contribution in [0.1, 0.15) is 13.8 Å². The highest BCUT2D eigenvalue weighted by atomic mass is 35.5. The fourth-order valence-electron chi connectivity index (χ4n) is 1.10. The van der Waals surface area contributed by atoms with Gasteiger partial charge >= 0.3 is 0 Å². The van der Waals surface area contributed by atoms with Crippen molar-refractivity contribution in [1.82, 2.24) is 9.97 Å². The van der Waals surface area contributed by atoms with Gasteiger partial charge in [-0.05, 0) is 24.3 Å². The Morgan fingerprint density at radius 2 is 1.69 bits per heavy atom. The van der Waals surface area contributed by atoms with Gasteiger partial charge in [-0.25, -0.2) is 9.37 Å². The summed E-state index contributed by atoms with van der Waals surface area (Å²) in [4.78, 5) is 7.95. The molecule has 1 aromatic carbocycles. The van der Waals surface area contributed by atoms with Gasteiger partial charge in [-0.3, -0.25) is 4.98 Å². The molecule has 0 aliphatic carbocycles. The lowest BCUT2D eigenvalue weighted by atomic mass is 10.2. The van der Waals surface area contributed by atoms with E-state index in [9.17, 15) is 4.39 Å². The minimum Gasteiger partial charge on any atom is -0.259 e. The summed E-state index contributed by atoms with van der Waals surface area (Å²) in [7, 11) is 0. The molecule has 0 N–H and O–H groups in total. The van der Waals surface area contributed by atoms with E-state index in [4.69, 9.17) is 11.6 Å². The second kappa shape index (κ2) is 6.18. The molecule has 0 spiro atoms. The van der Waals surface area contributed by atoms with Gasteiger partial charge < -0.3 is 0 Å². The molecule has 0 fully saturated rings. The second-order valence-corrected chi connectivity index (χ2v) is 3.12. The Morgan fingerprint density at radius 3 is 2.25 bits per heavy atom. The maximum Gasteiger partial charge on any atom is 0.148 e. The van der Waals surface area contributed by atoms with E-state index in [1.807, 2.05) is 13.8 Å². The Kier molecular flexibility index (Phi) is 4.86. The molecule has 2 rings (SSSR count). The van der Waals surface area contributed by atoms with E-state index in [-0.39, 0.29) is 5.82 Å². The van der Waals surface area contributed by atoms with Gasteiger partial charge in [-0.2, -0.15) is 0 Å². The zero-order chi connectivity index (χ0) is 12.0. The third kappa shape index (κ3) is 3.28. The van der Waals surface area contributed by atoms with Crippen LogP contribution in [0.2, 0.25) is 5.15 Å². The van der Waals surface area contributed by atoms with Gasteiger partial charge in [0.2, 0.25) is 0 Å². The number of hydrogen-bond donors (Lipinski definition) is 0. The minimum atomic E-state index is -0.274. The van der Waals surface area contributed by atoms with E-state index in [1.54, 1.807) is 18.3 Å². The normalized spacial score (nSPS) is 9.25. The predicted octanol–water partition coefficient (Wildman–Crippen LogP) is 3.96. The third-order valence-corrected chi connectivity index (χ3v) is 1.93. The molecule has 0 bridgehead atoms. The second-order valence-electron chi connectivity index (χ2n) is 2.73. The van der Waals surface area contributed by atoms with E-state index in [0.29, 0.717) is 10.8 Å². The van der Waals surface area contributed by atoms with Crippen LogP contribution in [0, 0.1) is 5.82 Å². The van der Waals surface area contributed by atoms with Crippen molar-refractivity contribution in [3.8, 4) is 11.3 Å². The van der Waals surface area contributed by atoms with E-state index in [2.05, 4.69) is 9.97 Å². The van der Waals surface area contributed by atoms with Crippen LogP contribution in [0.4, 0.5) is 4.39 Å². The first-order valence-electron chi connectivity index (χ1n) is 4.99. The molecule has 2 nitrogen and oxygen atoms in total. The first-order chi connectivity index (χ1) is 7.75. The fraction of sp³-hybridized carbons (Fsp3) is 0.167. The largest absolute Gasteiger partial charge is 0.259 e. The van der Waals surface area contributed by atoms with E-state index in [1.165, 1.54) is 18.3 Å². The maximum atomic E-state index is 12.6. The Hall–Kier alpha value is -1.48. The van der Waals surface area contributed by atoms with Crippen molar-refractivity contribution in [1.29, 1.82) is 0 Å². The summed E-state index contributed by atoms with van der Waals surface area (Å²) in [6.07, 6.45) is 3.04. The number of halogens is 2. The summed E-state index contributed by atoms with van der Waals surface area (Å²) in [6.45, 7) is 4.00. The summed E-state index contributed by atoms with van der Waals surface area (Å²) in [6, 6.07) is 6.02. The molecule has 1 aromatic heterocycles. The van der Waals surface area contributed by atoms with Gasteiger partial charge in [0, 0.05) is 5.56 Å². The molecule has 4 heteroatoms. The molecule has 1 heterocycles. The van der Waals surface area contributed by atoms with E-state index in [0.717, 1.165) is 5.56 Å². The number of rotatable bonds is 1. The SMILES string of the molecule is CC.Fc1ccc(-c2cncc(Cl)n2)cc1. The monoisotopic (exact) mass is 238 g/mol. The molecule has 0 saturated heterocycles. The molecule has 0 atom stereocenters. The summed E-state index contributed by atoms with van der Waals surface area (Å²) < 4.78 is 12.6. The first-order valence-corrected chi connectivity index (χ1v) is 5.37. The average Bonchev–Trinajstić information content (AvgIpc) is 2.32. The van der Waals surface area contributed by atoms with Crippen molar-refractivity contribution in [3.05, 3.63) is 47.6 Å². The van der Waals surface area contributed by atoms with Crippen molar-refractivity contribution >= 4 is 11.6 Å². The van der Waals surface area contributed by atoms with Crippen LogP contribution in [0.25, 0.3) is 11.3 Å². The standard InChI is InChI=1S/C10H6ClFN2.C2H6/c11-10-6-13-5-9(14-10)7-1-3-8(12)4-2-7;1-2/h1-6H;1-2H3. The number of aromatic nitrogens is 2. The smallest absolute Gasteiger partial charge is 0.148 e. The van der Waals surface area contributed by atoms with Gasteiger partial charge in [-0.1, -0.05) is 25.4 Å². The molecule has 84 valence electrons. The lowest BCUT2D eigenvalue weighted by molar-refractivity contribution is 0.628. The lowest BCUT2D eigenvalue weighted by Crippen LogP contribution is -1.86. The Balaban J connectivity index is 0.000000606. The third-order valence-electron chi connectivity index (χ3n) is 1.75. The molecule has 16 heavy (non-hydrogen) atoms.